The Balaban J connectivity index is 1.92. The molecular weight excluding hydrogens is 318 g/mol. The number of nitrogens with zero attached hydrogens (tertiary/aromatic N) is 1. The van der Waals surface area contributed by atoms with Gasteiger partial charge >= 0.3 is 5.97 Å². The van der Waals surface area contributed by atoms with Gasteiger partial charge in [-0.25, -0.2) is 0 Å². The minimum absolute atomic E-state index is 0.00954. The van der Waals surface area contributed by atoms with Crippen LogP contribution < -0.4 is 4.74 Å². The van der Waals surface area contributed by atoms with Crippen molar-refractivity contribution in [2.24, 2.45) is 5.92 Å². The van der Waals surface area contributed by atoms with E-state index < -0.39 is 0 Å². The zero-order valence-corrected chi connectivity index (χ0v) is 14.7. The molecule has 1 fully saturated rings. The Hall–Kier alpha value is -2.37. The Bertz CT molecular complexity index is 701. The molecule has 5 heteroatoms. The predicted molar refractivity (Wildman–Crippen MR) is 93.9 cm³/mol. The third-order valence-corrected chi connectivity index (χ3v) is 4.53. The van der Waals surface area contributed by atoms with Gasteiger partial charge in [0.05, 0.1) is 19.8 Å². The highest BCUT2D eigenvalue weighted by Gasteiger charge is 2.43. The molecule has 25 heavy (non-hydrogen) atoms. The van der Waals surface area contributed by atoms with Gasteiger partial charge in [0.25, 0.3) is 0 Å². The Morgan fingerprint density at radius 2 is 1.76 bits per heavy atom. The van der Waals surface area contributed by atoms with Gasteiger partial charge in [-0.2, -0.15) is 5.06 Å². The summed E-state index contributed by atoms with van der Waals surface area (Å²) in [5.41, 5.74) is 2.17. The second-order valence-corrected chi connectivity index (χ2v) is 6.17. The van der Waals surface area contributed by atoms with Gasteiger partial charge in [-0.05, 0) is 23.3 Å². The number of hydroxylamine groups is 2. The van der Waals surface area contributed by atoms with Crippen LogP contribution in [0, 0.1) is 5.92 Å². The first kappa shape index (κ1) is 17.5. The van der Waals surface area contributed by atoms with Crippen molar-refractivity contribution in [2.75, 3.05) is 20.8 Å². The van der Waals surface area contributed by atoms with E-state index in [1.807, 2.05) is 66.7 Å². The number of rotatable bonds is 5. The average molecular weight is 341 g/mol. The largest absolute Gasteiger partial charge is 0.497 e. The van der Waals surface area contributed by atoms with Crippen LogP contribution in [0.3, 0.4) is 0 Å². The van der Waals surface area contributed by atoms with Crippen molar-refractivity contribution in [1.29, 1.82) is 0 Å². The standard InChI is InChI=1S/C20H23NO4/c1-14(22)24-13-18-19(15-9-11-17(23-3)12-10-15)21(2)25-20(18)16-7-5-4-6-8-16/h4-12,18-20H,13H2,1-3H3. The summed E-state index contributed by atoms with van der Waals surface area (Å²) in [6.07, 6.45) is -0.169. The first-order chi connectivity index (χ1) is 12.1. The maximum atomic E-state index is 11.4. The van der Waals surface area contributed by atoms with Crippen molar-refractivity contribution in [3.05, 3.63) is 65.7 Å². The molecule has 0 amide bonds. The van der Waals surface area contributed by atoms with Crippen LogP contribution in [0.4, 0.5) is 0 Å². The summed E-state index contributed by atoms with van der Waals surface area (Å²) in [5, 5.41) is 1.85. The molecule has 5 nitrogen and oxygen atoms in total. The van der Waals surface area contributed by atoms with E-state index >= 15 is 0 Å². The summed E-state index contributed by atoms with van der Waals surface area (Å²) in [4.78, 5) is 17.5. The third kappa shape index (κ3) is 3.83. The van der Waals surface area contributed by atoms with Crippen molar-refractivity contribution in [2.45, 2.75) is 19.1 Å². The number of hydrogen-bond donors (Lipinski definition) is 0. The number of benzene rings is 2. The van der Waals surface area contributed by atoms with Gasteiger partial charge in [0.15, 0.2) is 0 Å². The monoisotopic (exact) mass is 341 g/mol. The molecule has 0 saturated carbocycles. The van der Waals surface area contributed by atoms with Crippen LogP contribution in [-0.4, -0.2) is 31.8 Å². The molecule has 2 aromatic carbocycles. The molecule has 0 N–H and O–H groups in total. The van der Waals surface area contributed by atoms with Gasteiger partial charge in [-0.15, -0.1) is 0 Å². The van der Waals surface area contributed by atoms with E-state index in [0.29, 0.717) is 6.61 Å². The Kier molecular flexibility index (Phi) is 5.36. The lowest BCUT2D eigenvalue weighted by molar-refractivity contribution is -0.148. The van der Waals surface area contributed by atoms with E-state index in [0.717, 1.165) is 16.9 Å². The predicted octanol–water partition coefficient (Wildman–Crippen LogP) is 3.53. The van der Waals surface area contributed by atoms with Crippen LogP contribution in [-0.2, 0) is 14.4 Å². The number of hydrogen-bond acceptors (Lipinski definition) is 5. The number of carbonyl (C=O) groups excluding carboxylic acids is 1. The fourth-order valence-corrected chi connectivity index (χ4v) is 3.36. The molecule has 3 rings (SSSR count). The maximum Gasteiger partial charge on any atom is 0.302 e. The van der Waals surface area contributed by atoms with E-state index in [2.05, 4.69) is 0 Å². The smallest absolute Gasteiger partial charge is 0.302 e. The molecule has 0 spiro atoms. The van der Waals surface area contributed by atoms with E-state index in [4.69, 9.17) is 14.3 Å². The van der Waals surface area contributed by atoms with Gasteiger partial charge < -0.3 is 9.47 Å². The summed E-state index contributed by atoms with van der Waals surface area (Å²) in [6.45, 7) is 1.73. The zero-order valence-electron chi connectivity index (χ0n) is 14.7. The Morgan fingerprint density at radius 1 is 1.08 bits per heavy atom. The minimum atomic E-state index is -0.283. The molecule has 0 bridgehead atoms. The number of ether oxygens (including phenoxy) is 2. The van der Waals surface area contributed by atoms with Crippen molar-refractivity contribution < 1.29 is 19.1 Å². The Labute approximate surface area is 148 Å². The van der Waals surface area contributed by atoms with Crippen molar-refractivity contribution >= 4 is 5.97 Å². The Morgan fingerprint density at radius 3 is 2.36 bits per heavy atom. The molecule has 3 atom stereocenters. The second kappa shape index (κ2) is 7.68. The summed E-state index contributed by atoms with van der Waals surface area (Å²) >= 11 is 0. The summed E-state index contributed by atoms with van der Waals surface area (Å²) in [7, 11) is 3.56. The van der Waals surface area contributed by atoms with Gasteiger partial charge in [0.2, 0.25) is 0 Å². The SMILES string of the molecule is COc1ccc(C2C(COC(C)=O)C(c3ccccc3)ON2C)cc1. The van der Waals surface area contributed by atoms with Gasteiger partial charge in [0, 0.05) is 19.9 Å². The molecule has 0 aliphatic carbocycles. The molecule has 132 valence electrons. The summed E-state index contributed by atoms with van der Waals surface area (Å²) in [6, 6.07) is 17.9. The lowest BCUT2D eigenvalue weighted by Crippen LogP contribution is -2.24. The molecule has 1 aliphatic heterocycles. The topological polar surface area (TPSA) is 48.0 Å². The van der Waals surface area contributed by atoms with Crippen LogP contribution >= 0.6 is 0 Å². The summed E-state index contributed by atoms with van der Waals surface area (Å²) in [5.74, 6) is 0.515. The molecule has 2 aromatic rings. The first-order valence-electron chi connectivity index (χ1n) is 8.32. The molecule has 0 radical (unpaired) electrons. The van der Waals surface area contributed by atoms with Crippen LogP contribution in [0.1, 0.15) is 30.2 Å². The second-order valence-electron chi connectivity index (χ2n) is 6.17. The van der Waals surface area contributed by atoms with Crippen LogP contribution in [0.5, 0.6) is 5.75 Å². The van der Waals surface area contributed by atoms with Crippen LogP contribution in [0.15, 0.2) is 54.6 Å². The first-order valence-corrected chi connectivity index (χ1v) is 8.32. The van der Waals surface area contributed by atoms with Crippen molar-refractivity contribution in [1.82, 2.24) is 5.06 Å². The molecule has 1 heterocycles. The normalized spacial score (nSPS) is 23.4. The van der Waals surface area contributed by atoms with Gasteiger partial charge in [-0.1, -0.05) is 42.5 Å². The molecule has 1 aliphatic rings. The number of carbonyl (C=O) groups is 1. The van der Waals surface area contributed by atoms with Crippen molar-refractivity contribution in [3.63, 3.8) is 0 Å². The average Bonchev–Trinajstić information content (AvgIpc) is 2.97. The van der Waals surface area contributed by atoms with Gasteiger partial charge in [-0.3, -0.25) is 9.63 Å². The third-order valence-electron chi connectivity index (χ3n) is 4.53. The van der Waals surface area contributed by atoms with E-state index in [9.17, 15) is 4.79 Å². The highest BCUT2D eigenvalue weighted by atomic mass is 16.7. The van der Waals surface area contributed by atoms with Gasteiger partial charge in [0.1, 0.15) is 11.9 Å². The zero-order chi connectivity index (χ0) is 17.8. The fourth-order valence-electron chi connectivity index (χ4n) is 3.36. The highest BCUT2D eigenvalue weighted by molar-refractivity contribution is 5.65. The van der Waals surface area contributed by atoms with E-state index in [-0.39, 0.29) is 24.0 Å². The lowest BCUT2D eigenvalue weighted by Gasteiger charge is -2.23. The van der Waals surface area contributed by atoms with Crippen LogP contribution in [0.2, 0.25) is 0 Å². The number of esters is 1. The fraction of sp³-hybridized carbons (Fsp3) is 0.350. The summed E-state index contributed by atoms with van der Waals surface area (Å²) < 4.78 is 10.6. The van der Waals surface area contributed by atoms with Crippen LogP contribution in [0.25, 0.3) is 0 Å². The highest BCUT2D eigenvalue weighted by Crippen LogP contribution is 2.46. The number of methoxy groups -OCH3 is 1. The minimum Gasteiger partial charge on any atom is -0.497 e. The molecule has 0 aromatic heterocycles. The molecular formula is C20H23NO4. The van der Waals surface area contributed by atoms with E-state index in [1.54, 1.807) is 7.11 Å². The molecule has 3 unspecified atom stereocenters. The molecule has 1 saturated heterocycles. The quantitative estimate of drug-likeness (QED) is 0.779. The lowest BCUT2D eigenvalue weighted by atomic mass is 9.87. The van der Waals surface area contributed by atoms with E-state index in [1.165, 1.54) is 6.92 Å². The maximum absolute atomic E-state index is 11.4. The van der Waals surface area contributed by atoms with Crippen molar-refractivity contribution in [3.8, 4) is 5.75 Å².